The van der Waals surface area contributed by atoms with Crippen LogP contribution in [0.2, 0.25) is 5.02 Å². The number of halogens is 2. The summed E-state index contributed by atoms with van der Waals surface area (Å²) in [5.74, 6) is -0.879. The van der Waals surface area contributed by atoms with E-state index in [9.17, 15) is 9.90 Å². The van der Waals surface area contributed by atoms with E-state index >= 15 is 0 Å². The zero-order valence-corrected chi connectivity index (χ0v) is 10.7. The third kappa shape index (κ3) is 3.33. The Bertz CT molecular complexity index is 412. The fourth-order valence-electron chi connectivity index (χ4n) is 0.876. The molecule has 0 aromatic carbocycles. The molecule has 1 atom stereocenters. The van der Waals surface area contributed by atoms with Crippen molar-refractivity contribution in [3.8, 4) is 0 Å². The maximum absolute atomic E-state index is 10.6. The number of rotatable bonds is 4. The zero-order chi connectivity index (χ0) is 12.3. The molecule has 0 fully saturated rings. The van der Waals surface area contributed by atoms with Gasteiger partial charge in [0.2, 0.25) is 0 Å². The number of nitrogens with one attached hydrogen (secondary N) is 1. The van der Waals surface area contributed by atoms with Gasteiger partial charge in [-0.2, -0.15) is 0 Å². The topological polar surface area (TPSA) is 82.5 Å². The number of nitrogens with zero attached hydrogens (tertiary/aromatic N) is 1. The minimum atomic E-state index is -1.85. The van der Waals surface area contributed by atoms with Crippen molar-refractivity contribution in [2.75, 3.05) is 11.9 Å². The largest absolute Gasteiger partial charge is 0.479 e. The predicted octanol–water partition coefficient (Wildman–Crippen LogP) is 1.75. The maximum atomic E-state index is 10.6. The van der Waals surface area contributed by atoms with E-state index in [1.165, 1.54) is 13.1 Å². The highest BCUT2D eigenvalue weighted by atomic mass is 79.9. The minimum absolute atomic E-state index is 0.157. The van der Waals surface area contributed by atoms with Crippen LogP contribution in [0.4, 0.5) is 5.82 Å². The molecule has 3 N–H and O–H groups in total. The predicted molar refractivity (Wildman–Crippen MR) is 63.7 cm³/mol. The van der Waals surface area contributed by atoms with Crippen molar-refractivity contribution in [1.29, 1.82) is 0 Å². The van der Waals surface area contributed by atoms with Gasteiger partial charge in [-0.1, -0.05) is 11.6 Å². The number of hydrogen-bond acceptors (Lipinski definition) is 4. The van der Waals surface area contributed by atoms with Crippen molar-refractivity contribution in [2.24, 2.45) is 0 Å². The molecule has 16 heavy (non-hydrogen) atoms. The fourth-order valence-corrected chi connectivity index (χ4v) is 1.65. The van der Waals surface area contributed by atoms with Crippen molar-refractivity contribution in [2.45, 2.75) is 12.5 Å². The quantitative estimate of drug-likeness (QED) is 0.789. The van der Waals surface area contributed by atoms with Gasteiger partial charge in [-0.15, -0.1) is 0 Å². The molecule has 0 saturated carbocycles. The second-order valence-electron chi connectivity index (χ2n) is 3.42. The molecule has 0 aliphatic heterocycles. The lowest BCUT2D eigenvalue weighted by molar-refractivity contribution is -0.155. The Morgan fingerprint density at radius 2 is 2.38 bits per heavy atom. The molecule has 0 spiro atoms. The van der Waals surface area contributed by atoms with Crippen molar-refractivity contribution in [3.63, 3.8) is 0 Å². The van der Waals surface area contributed by atoms with E-state index in [1.807, 2.05) is 0 Å². The number of carbonyl (C=O) groups is 1. The smallest absolute Gasteiger partial charge is 0.337 e. The normalized spacial score (nSPS) is 14.2. The Hall–Kier alpha value is -0.850. The Morgan fingerprint density at radius 3 is 2.88 bits per heavy atom. The van der Waals surface area contributed by atoms with Gasteiger partial charge in [0.15, 0.2) is 5.60 Å². The first-order valence-electron chi connectivity index (χ1n) is 4.33. The van der Waals surface area contributed by atoms with Crippen LogP contribution in [0.25, 0.3) is 0 Å². The van der Waals surface area contributed by atoms with E-state index in [2.05, 4.69) is 26.2 Å². The number of anilines is 1. The third-order valence-electron chi connectivity index (χ3n) is 1.87. The highest BCUT2D eigenvalue weighted by Crippen LogP contribution is 2.23. The molecule has 0 aliphatic carbocycles. The number of pyridine rings is 1. The van der Waals surface area contributed by atoms with Crippen molar-refractivity contribution >= 4 is 39.3 Å². The Balaban J connectivity index is 2.72. The second-order valence-corrected chi connectivity index (χ2v) is 4.71. The Morgan fingerprint density at radius 1 is 1.75 bits per heavy atom. The summed E-state index contributed by atoms with van der Waals surface area (Å²) in [6.07, 6.45) is 1.42. The van der Waals surface area contributed by atoms with Crippen LogP contribution in [0.3, 0.4) is 0 Å². The summed E-state index contributed by atoms with van der Waals surface area (Å²) in [7, 11) is 0. The molecule has 1 aromatic heterocycles. The number of aliphatic carboxylic acids is 1. The van der Waals surface area contributed by atoms with Gasteiger partial charge in [0, 0.05) is 6.20 Å². The molecule has 0 saturated heterocycles. The highest BCUT2D eigenvalue weighted by Gasteiger charge is 2.29. The van der Waals surface area contributed by atoms with Crippen LogP contribution in [0, 0.1) is 0 Å². The molecule has 7 heteroatoms. The van der Waals surface area contributed by atoms with Crippen molar-refractivity contribution in [1.82, 2.24) is 4.98 Å². The molecule has 1 aromatic rings. The molecule has 88 valence electrons. The second kappa shape index (κ2) is 4.99. The van der Waals surface area contributed by atoms with E-state index in [-0.39, 0.29) is 6.54 Å². The lowest BCUT2D eigenvalue weighted by Crippen LogP contribution is -2.42. The summed E-state index contributed by atoms with van der Waals surface area (Å²) >= 11 is 8.91. The number of aromatic nitrogens is 1. The number of aliphatic hydroxyl groups is 1. The molecule has 5 nitrogen and oxygen atoms in total. The molecular weight excluding hydrogens is 299 g/mol. The van der Waals surface area contributed by atoms with Gasteiger partial charge in [-0.05, 0) is 28.9 Å². The van der Waals surface area contributed by atoms with Crippen LogP contribution in [0.15, 0.2) is 16.7 Å². The molecule has 0 amide bonds. The molecule has 0 aliphatic rings. The summed E-state index contributed by atoms with van der Waals surface area (Å²) < 4.78 is 0.598. The molecule has 1 heterocycles. The van der Waals surface area contributed by atoms with Gasteiger partial charge in [-0.3, -0.25) is 0 Å². The standard InChI is InChI=1S/C9H10BrClN2O3/c1-9(16,8(14)15)4-13-7-6(10)2-5(11)3-12-7/h2-3,16H,4H2,1H3,(H,12,13)(H,14,15). The van der Waals surface area contributed by atoms with Crippen molar-refractivity contribution < 1.29 is 15.0 Å². The molecule has 1 unspecified atom stereocenters. The minimum Gasteiger partial charge on any atom is -0.479 e. The van der Waals surface area contributed by atoms with Crippen molar-refractivity contribution in [3.05, 3.63) is 21.8 Å². The van der Waals surface area contributed by atoms with E-state index in [0.29, 0.717) is 15.3 Å². The lowest BCUT2D eigenvalue weighted by Gasteiger charge is -2.19. The van der Waals surface area contributed by atoms with Crippen LogP contribution in [-0.2, 0) is 4.79 Å². The number of hydrogen-bond donors (Lipinski definition) is 3. The SMILES string of the molecule is CC(O)(CNc1ncc(Cl)cc1Br)C(=O)O. The first-order valence-corrected chi connectivity index (χ1v) is 5.51. The molecular formula is C9H10BrClN2O3. The molecule has 1 rings (SSSR count). The van der Waals surface area contributed by atoms with E-state index in [4.69, 9.17) is 16.7 Å². The van der Waals surface area contributed by atoms with Gasteiger partial charge in [0.25, 0.3) is 0 Å². The fraction of sp³-hybridized carbons (Fsp3) is 0.333. The van der Waals surface area contributed by atoms with E-state index in [0.717, 1.165) is 0 Å². The average Bonchev–Trinajstić information content (AvgIpc) is 2.16. The highest BCUT2D eigenvalue weighted by molar-refractivity contribution is 9.10. The summed E-state index contributed by atoms with van der Waals surface area (Å²) in [6.45, 7) is 1.04. The van der Waals surface area contributed by atoms with Crippen LogP contribution in [-0.4, -0.2) is 33.3 Å². The summed E-state index contributed by atoms with van der Waals surface area (Å²) in [5.41, 5.74) is -1.85. The Labute approximate surface area is 106 Å². The van der Waals surface area contributed by atoms with Crippen LogP contribution >= 0.6 is 27.5 Å². The first kappa shape index (κ1) is 13.2. The summed E-state index contributed by atoms with van der Waals surface area (Å²) in [6, 6.07) is 1.62. The van der Waals surface area contributed by atoms with Gasteiger partial charge in [-0.25, -0.2) is 9.78 Å². The van der Waals surface area contributed by atoms with Gasteiger partial charge in [0.05, 0.1) is 16.0 Å². The number of carboxylic acids is 1. The van der Waals surface area contributed by atoms with Crippen LogP contribution < -0.4 is 5.32 Å². The van der Waals surface area contributed by atoms with E-state index < -0.39 is 11.6 Å². The summed E-state index contributed by atoms with van der Waals surface area (Å²) in [4.78, 5) is 14.6. The van der Waals surface area contributed by atoms with E-state index in [1.54, 1.807) is 6.07 Å². The van der Waals surface area contributed by atoms with Crippen LogP contribution in [0.1, 0.15) is 6.92 Å². The third-order valence-corrected chi connectivity index (χ3v) is 2.68. The Kier molecular flexibility index (Phi) is 4.12. The average molecular weight is 310 g/mol. The summed E-state index contributed by atoms with van der Waals surface area (Å²) in [5, 5.41) is 21.3. The first-order chi connectivity index (χ1) is 7.33. The molecule has 0 bridgehead atoms. The molecule has 0 radical (unpaired) electrons. The monoisotopic (exact) mass is 308 g/mol. The zero-order valence-electron chi connectivity index (χ0n) is 8.37. The van der Waals surface area contributed by atoms with Crippen LogP contribution in [0.5, 0.6) is 0 Å². The number of carboxylic acid groups (broad SMARTS) is 1. The van der Waals surface area contributed by atoms with Gasteiger partial charge < -0.3 is 15.5 Å². The lowest BCUT2D eigenvalue weighted by atomic mass is 10.1. The van der Waals surface area contributed by atoms with Gasteiger partial charge in [0.1, 0.15) is 5.82 Å². The van der Waals surface area contributed by atoms with Gasteiger partial charge >= 0.3 is 5.97 Å². The maximum Gasteiger partial charge on any atom is 0.337 e.